The lowest BCUT2D eigenvalue weighted by atomic mass is 9.99. The number of aryl methyl sites for hydroxylation is 1. The van der Waals surface area contributed by atoms with Crippen molar-refractivity contribution in [1.29, 1.82) is 0 Å². The molecule has 2 atom stereocenters. The van der Waals surface area contributed by atoms with E-state index in [1.54, 1.807) is 0 Å². The Hall–Kier alpha value is -1.03. The summed E-state index contributed by atoms with van der Waals surface area (Å²) in [6, 6.07) is 1.91. The summed E-state index contributed by atoms with van der Waals surface area (Å²) in [5, 5.41) is 3.72. The predicted octanol–water partition coefficient (Wildman–Crippen LogP) is 3.20. The Balaban J connectivity index is 1.70. The van der Waals surface area contributed by atoms with E-state index in [9.17, 15) is 0 Å². The number of aromatic nitrogens is 2. The Labute approximate surface area is 122 Å². The zero-order valence-corrected chi connectivity index (χ0v) is 13.1. The second kappa shape index (κ2) is 5.76. The maximum atomic E-state index is 4.73. The Morgan fingerprint density at radius 2 is 2.00 bits per heavy atom. The molecule has 1 saturated heterocycles. The zero-order chi connectivity index (χ0) is 14.1. The minimum atomic E-state index is 0.572. The molecule has 0 aromatic carbocycles. The monoisotopic (exact) mass is 276 g/mol. The van der Waals surface area contributed by atoms with Crippen LogP contribution in [0, 0.1) is 6.92 Å². The van der Waals surface area contributed by atoms with E-state index in [1.807, 2.05) is 0 Å². The fourth-order valence-electron chi connectivity index (χ4n) is 3.69. The lowest BCUT2D eigenvalue weighted by Crippen LogP contribution is -2.43. The molecule has 2 unspecified atom stereocenters. The van der Waals surface area contributed by atoms with E-state index in [0.717, 1.165) is 11.6 Å². The summed E-state index contributed by atoms with van der Waals surface area (Å²) in [6.07, 6.45) is 10.0. The highest BCUT2D eigenvalue weighted by molar-refractivity contribution is 5.31. The van der Waals surface area contributed by atoms with Crippen molar-refractivity contribution < 1.29 is 0 Å². The smallest absolute Gasteiger partial charge is 0.203 e. The van der Waals surface area contributed by atoms with E-state index >= 15 is 0 Å². The minimum absolute atomic E-state index is 0.572. The van der Waals surface area contributed by atoms with Gasteiger partial charge in [0.05, 0.1) is 5.69 Å². The van der Waals surface area contributed by atoms with Crippen LogP contribution in [0.5, 0.6) is 0 Å². The molecular weight excluding hydrogens is 248 g/mol. The highest BCUT2D eigenvalue weighted by Crippen LogP contribution is 2.32. The van der Waals surface area contributed by atoms with Gasteiger partial charge in [0.25, 0.3) is 0 Å². The number of hydrogen-bond acceptors (Lipinski definition) is 3. The molecule has 0 radical (unpaired) electrons. The molecule has 0 amide bonds. The fraction of sp³-hybridized carbons (Fsp3) is 0.812. The van der Waals surface area contributed by atoms with Gasteiger partial charge in [0, 0.05) is 30.9 Å². The van der Waals surface area contributed by atoms with Gasteiger partial charge in [-0.15, -0.1) is 0 Å². The third kappa shape index (κ3) is 2.85. The molecule has 112 valence electrons. The van der Waals surface area contributed by atoms with Crippen molar-refractivity contribution in [2.24, 2.45) is 0 Å². The molecular formula is C16H28N4. The molecule has 1 aliphatic heterocycles. The van der Waals surface area contributed by atoms with Gasteiger partial charge in [-0.25, -0.2) is 4.98 Å². The Morgan fingerprint density at radius 3 is 2.70 bits per heavy atom. The van der Waals surface area contributed by atoms with Gasteiger partial charge in [0.1, 0.15) is 0 Å². The van der Waals surface area contributed by atoms with Crippen LogP contribution in [-0.2, 0) is 0 Å². The topological polar surface area (TPSA) is 33.1 Å². The van der Waals surface area contributed by atoms with Gasteiger partial charge in [-0.05, 0) is 46.6 Å². The number of imidazole rings is 1. The van der Waals surface area contributed by atoms with E-state index in [1.165, 1.54) is 45.1 Å². The molecule has 1 aromatic rings. The van der Waals surface area contributed by atoms with E-state index < -0.39 is 0 Å². The van der Waals surface area contributed by atoms with Crippen molar-refractivity contribution in [3.8, 4) is 0 Å². The predicted molar refractivity (Wildman–Crippen MR) is 83.2 cm³/mol. The molecule has 3 rings (SSSR count). The molecule has 1 N–H and O–H groups in total. The molecule has 1 aromatic heterocycles. The summed E-state index contributed by atoms with van der Waals surface area (Å²) in [5.74, 6) is 1.11. The molecule has 20 heavy (non-hydrogen) atoms. The van der Waals surface area contributed by atoms with Crippen molar-refractivity contribution in [3.63, 3.8) is 0 Å². The van der Waals surface area contributed by atoms with Gasteiger partial charge in [-0.3, -0.25) is 0 Å². The standard InChI is InChI=1S/C16H28N4/c1-12-11-20(15-6-4-5-7-15)16(17-12)18-14-8-9-19(3)13(2)10-14/h11,13-15H,4-10H2,1-3H3,(H,17,18). The maximum absolute atomic E-state index is 4.73. The SMILES string of the molecule is Cc1cn(C2CCCC2)c(NC2CCN(C)C(C)C2)n1. The van der Waals surface area contributed by atoms with Gasteiger partial charge >= 0.3 is 0 Å². The Kier molecular flexibility index (Phi) is 4.01. The van der Waals surface area contributed by atoms with Crippen molar-refractivity contribution in [1.82, 2.24) is 14.5 Å². The largest absolute Gasteiger partial charge is 0.353 e. The zero-order valence-electron chi connectivity index (χ0n) is 13.1. The van der Waals surface area contributed by atoms with E-state index in [-0.39, 0.29) is 0 Å². The number of piperidine rings is 1. The van der Waals surface area contributed by atoms with E-state index in [0.29, 0.717) is 18.1 Å². The van der Waals surface area contributed by atoms with Gasteiger partial charge in [-0.2, -0.15) is 0 Å². The van der Waals surface area contributed by atoms with E-state index in [2.05, 4.69) is 41.9 Å². The fourth-order valence-corrected chi connectivity index (χ4v) is 3.69. The Morgan fingerprint density at radius 1 is 1.25 bits per heavy atom. The summed E-state index contributed by atoms with van der Waals surface area (Å²) in [7, 11) is 2.23. The normalized spacial score (nSPS) is 28.9. The number of likely N-dealkylation sites (tertiary alicyclic amines) is 1. The van der Waals surface area contributed by atoms with Crippen molar-refractivity contribution in [2.75, 3.05) is 18.9 Å². The minimum Gasteiger partial charge on any atom is -0.353 e. The molecule has 2 heterocycles. The first-order valence-corrected chi connectivity index (χ1v) is 8.15. The second-order valence-electron chi connectivity index (χ2n) is 6.75. The number of hydrogen-bond donors (Lipinski definition) is 1. The van der Waals surface area contributed by atoms with Crippen molar-refractivity contribution in [2.45, 2.75) is 70.5 Å². The third-order valence-electron chi connectivity index (χ3n) is 5.11. The van der Waals surface area contributed by atoms with Crippen LogP contribution in [0.3, 0.4) is 0 Å². The maximum Gasteiger partial charge on any atom is 0.203 e. The van der Waals surface area contributed by atoms with Crippen LogP contribution >= 0.6 is 0 Å². The van der Waals surface area contributed by atoms with Crippen molar-refractivity contribution >= 4 is 5.95 Å². The molecule has 0 spiro atoms. The first-order chi connectivity index (χ1) is 9.63. The van der Waals surface area contributed by atoms with Crippen LogP contribution in [0.1, 0.15) is 57.2 Å². The van der Waals surface area contributed by atoms with Gasteiger partial charge in [-0.1, -0.05) is 12.8 Å². The lowest BCUT2D eigenvalue weighted by molar-refractivity contribution is 0.189. The van der Waals surface area contributed by atoms with Crippen LogP contribution in [0.15, 0.2) is 6.20 Å². The summed E-state index contributed by atoms with van der Waals surface area (Å²) in [5.41, 5.74) is 1.14. The molecule has 4 heteroatoms. The number of rotatable bonds is 3. The molecule has 2 fully saturated rings. The van der Waals surface area contributed by atoms with Crippen LogP contribution in [0.2, 0.25) is 0 Å². The average molecular weight is 276 g/mol. The quantitative estimate of drug-likeness (QED) is 0.920. The number of nitrogens with zero attached hydrogens (tertiary/aromatic N) is 3. The first kappa shape index (κ1) is 13.9. The molecule has 1 saturated carbocycles. The van der Waals surface area contributed by atoms with Crippen LogP contribution in [0.25, 0.3) is 0 Å². The van der Waals surface area contributed by atoms with Crippen LogP contribution in [-0.4, -0.2) is 40.1 Å². The van der Waals surface area contributed by atoms with Crippen LogP contribution < -0.4 is 5.32 Å². The van der Waals surface area contributed by atoms with Crippen molar-refractivity contribution in [3.05, 3.63) is 11.9 Å². The van der Waals surface area contributed by atoms with Gasteiger partial charge in [0.15, 0.2) is 0 Å². The number of nitrogens with one attached hydrogen (secondary N) is 1. The molecule has 1 aliphatic carbocycles. The molecule has 2 aliphatic rings. The summed E-state index contributed by atoms with van der Waals surface area (Å²) < 4.78 is 2.41. The summed E-state index contributed by atoms with van der Waals surface area (Å²) in [6.45, 7) is 5.61. The second-order valence-corrected chi connectivity index (χ2v) is 6.75. The highest BCUT2D eigenvalue weighted by Gasteiger charge is 2.25. The first-order valence-electron chi connectivity index (χ1n) is 8.15. The lowest BCUT2D eigenvalue weighted by Gasteiger charge is -2.35. The summed E-state index contributed by atoms with van der Waals surface area (Å²) >= 11 is 0. The number of anilines is 1. The summed E-state index contributed by atoms with van der Waals surface area (Å²) in [4.78, 5) is 7.18. The highest BCUT2D eigenvalue weighted by atomic mass is 15.2. The average Bonchev–Trinajstić information content (AvgIpc) is 3.03. The van der Waals surface area contributed by atoms with Gasteiger partial charge < -0.3 is 14.8 Å². The van der Waals surface area contributed by atoms with E-state index in [4.69, 9.17) is 4.98 Å². The molecule has 0 bridgehead atoms. The Bertz CT molecular complexity index is 447. The van der Waals surface area contributed by atoms with Crippen LogP contribution in [0.4, 0.5) is 5.95 Å². The van der Waals surface area contributed by atoms with Gasteiger partial charge in [0.2, 0.25) is 5.95 Å². The molecule has 4 nitrogen and oxygen atoms in total. The third-order valence-corrected chi connectivity index (χ3v) is 5.11.